The molecule has 1 atom stereocenters. The van der Waals surface area contributed by atoms with Crippen LogP contribution in [-0.4, -0.2) is 64.6 Å². The molecule has 1 fully saturated rings. The van der Waals surface area contributed by atoms with Crippen molar-refractivity contribution in [3.05, 3.63) is 23.8 Å². The quantitative estimate of drug-likeness (QED) is 0.716. The third-order valence-corrected chi connectivity index (χ3v) is 6.93. The predicted molar refractivity (Wildman–Crippen MR) is 95.2 cm³/mol. The summed E-state index contributed by atoms with van der Waals surface area (Å²) < 4.78 is 91.9. The van der Waals surface area contributed by atoms with Crippen molar-refractivity contribution in [1.29, 1.82) is 0 Å². The van der Waals surface area contributed by atoms with Crippen LogP contribution in [-0.2, 0) is 19.9 Å². The van der Waals surface area contributed by atoms with Crippen LogP contribution in [0.15, 0.2) is 23.1 Å². The molecule has 0 aliphatic carbocycles. The Morgan fingerprint density at radius 2 is 1.75 bits per heavy atom. The second-order valence-electron chi connectivity index (χ2n) is 6.84. The van der Waals surface area contributed by atoms with Crippen LogP contribution in [0.5, 0.6) is 5.75 Å². The van der Waals surface area contributed by atoms with Crippen LogP contribution >= 0.6 is 0 Å². The zero-order valence-corrected chi connectivity index (χ0v) is 16.9. The second-order valence-corrected chi connectivity index (χ2v) is 10.8. The minimum absolute atomic E-state index is 0.0224. The molecule has 2 rings (SSSR count). The average molecular weight is 445 g/mol. The lowest BCUT2D eigenvalue weighted by atomic mass is 9.99. The first kappa shape index (κ1) is 22.9. The lowest BCUT2D eigenvalue weighted by molar-refractivity contribution is -0.206. The average Bonchev–Trinajstić information content (AvgIpc) is 2.57. The summed E-state index contributed by atoms with van der Waals surface area (Å²) in [4.78, 5) is -0.443. The summed E-state index contributed by atoms with van der Waals surface area (Å²) in [5.41, 5.74) is -0.596. The van der Waals surface area contributed by atoms with Crippen molar-refractivity contribution in [2.24, 2.45) is 5.92 Å². The van der Waals surface area contributed by atoms with Crippen molar-refractivity contribution in [1.82, 2.24) is 4.31 Å². The van der Waals surface area contributed by atoms with E-state index in [0.29, 0.717) is 25.9 Å². The molecule has 7 nitrogen and oxygen atoms in total. The van der Waals surface area contributed by atoms with E-state index >= 15 is 0 Å². The molecule has 0 spiro atoms. The minimum Gasteiger partial charge on any atom is -0.492 e. The molecule has 1 unspecified atom stereocenters. The van der Waals surface area contributed by atoms with Crippen LogP contribution < -0.4 is 4.74 Å². The van der Waals surface area contributed by atoms with Gasteiger partial charge >= 0.3 is 6.18 Å². The Morgan fingerprint density at radius 3 is 2.21 bits per heavy atom. The summed E-state index contributed by atoms with van der Waals surface area (Å²) in [7, 11) is -7.18. The standard InChI is InChI=1S/C16H22F3NO6S2/c1-27(22,23)14-9-12(15(21)16(17,18)19)3-4-13(14)26-10-11-5-7-20(8-6-11)28(2,24)25/h3-4,9,11,15,21H,5-8,10H2,1-2H3. The topological polar surface area (TPSA) is 101 Å². The number of nitrogens with zero attached hydrogens (tertiary/aromatic N) is 1. The number of hydrogen-bond acceptors (Lipinski definition) is 6. The molecule has 1 aromatic rings. The molecule has 28 heavy (non-hydrogen) atoms. The molecule has 0 aromatic heterocycles. The van der Waals surface area contributed by atoms with E-state index in [9.17, 15) is 35.1 Å². The summed E-state index contributed by atoms with van der Waals surface area (Å²) >= 11 is 0. The van der Waals surface area contributed by atoms with Gasteiger partial charge in [-0.25, -0.2) is 21.1 Å². The molecule has 12 heteroatoms. The molecule has 1 aliphatic heterocycles. The fourth-order valence-electron chi connectivity index (χ4n) is 2.91. The molecule has 0 saturated carbocycles. The number of sulfonamides is 1. The normalized spacial score (nSPS) is 18.8. The van der Waals surface area contributed by atoms with Crippen LogP contribution in [0.2, 0.25) is 0 Å². The van der Waals surface area contributed by atoms with E-state index in [0.717, 1.165) is 30.7 Å². The number of ether oxygens (including phenoxy) is 1. The van der Waals surface area contributed by atoms with Crippen molar-refractivity contribution < 1.29 is 39.9 Å². The van der Waals surface area contributed by atoms with Crippen molar-refractivity contribution in [2.45, 2.75) is 30.0 Å². The SMILES string of the molecule is CS(=O)(=O)c1cc(C(O)C(F)(F)F)ccc1OCC1CCN(S(C)(=O)=O)CC1. The molecule has 1 N–H and O–H groups in total. The summed E-state index contributed by atoms with van der Waals surface area (Å²) in [5, 5.41) is 9.35. The maximum atomic E-state index is 12.7. The van der Waals surface area contributed by atoms with Gasteiger partial charge in [-0.2, -0.15) is 13.2 Å². The van der Waals surface area contributed by atoms with Gasteiger partial charge in [-0.15, -0.1) is 0 Å². The predicted octanol–water partition coefficient (Wildman–Crippen LogP) is 1.74. The molecule has 160 valence electrons. The molecule has 1 saturated heterocycles. The molecule has 1 aliphatic rings. The van der Waals surface area contributed by atoms with Crippen LogP contribution in [0.4, 0.5) is 13.2 Å². The van der Waals surface area contributed by atoms with Gasteiger partial charge in [-0.3, -0.25) is 0 Å². The Balaban J connectivity index is 2.14. The highest BCUT2D eigenvalue weighted by atomic mass is 32.2. The van der Waals surface area contributed by atoms with E-state index in [1.54, 1.807) is 0 Å². The van der Waals surface area contributed by atoms with Crippen molar-refractivity contribution in [3.63, 3.8) is 0 Å². The van der Waals surface area contributed by atoms with Gasteiger partial charge in [-0.05, 0) is 36.5 Å². The number of piperidine rings is 1. The Labute approximate surface area is 162 Å². The molecular formula is C16H22F3NO6S2. The van der Waals surface area contributed by atoms with Gasteiger partial charge in [0, 0.05) is 19.3 Å². The molecule has 0 bridgehead atoms. The largest absolute Gasteiger partial charge is 0.492 e. The van der Waals surface area contributed by atoms with Crippen LogP contribution in [0.3, 0.4) is 0 Å². The summed E-state index contributed by atoms with van der Waals surface area (Å²) in [6.45, 7) is 0.742. The van der Waals surface area contributed by atoms with E-state index in [2.05, 4.69) is 0 Å². The second kappa shape index (κ2) is 8.17. The number of aliphatic hydroxyl groups excluding tert-OH is 1. The molecule has 0 amide bonds. The van der Waals surface area contributed by atoms with Gasteiger partial charge in [0.15, 0.2) is 15.9 Å². The molecule has 0 radical (unpaired) electrons. The van der Waals surface area contributed by atoms with Crippen LogP contribution in [0.25, 0.3) is 0 Å². The Morgan fingerprint density at radius 1 is 1.18 bits per heavy atom. The highest BCUT2D eigenvalue weighted by Gasteiger charge is 2.40. The van der Waals surface area contributed by atoms with Gasteiger partial charge in [0.25, 0.3) is 0 Å². The summed E-state index contributed by atoms with van der Waals surface area (Å²) in [5.74, 6) is -0.128. The Hall–Kier alpha value is -1.37. The number of hydrogen-bond donors (Lipinski definition) is 1. The number of sulfone groups is 1. The van der Waals surface area contributed by atoms with E-state index < -0.39 is 42.6 Å². The van der Waals surface area contributed by atoms with Crippen molar-refractivity contribution in [3.8, 4) is 5.75 Å². The number of aliphatic hydroxyl groups is 1. The summed E-state index contributed by atoms with van der Waals surface area (Å²) in [6, 6.07) is 2.82. The fraction of sp³-hybridized carbons (Fsp3) is 0.625. The van der Waals surface area contributed by atoms with Gasteiger partial charge in [0.1, 0.15) is 10.6 Å². The highest BCUT2D eigenvalue weighted by molar-refractivity contribution is 7.90. The molecule has 1 heterocycles. The zero-order chi connectivity index (χ0) is 21.3. The van der Waals surface area contributed by atoms with E-state index in [-0.39, 0.29) is 18.3 Å². The van der Waals surface area contributed by atoms with E-state index in [4.69, 9.17) is 4.74 Å². The number of halogens is 3. The van der Waals surface area contributed by atoms with Gasteiger partial charge in [0.2, 0.25) is 10.0 Å². The monoisotopic (exact) mass is 445 g/mol. The number of alkyl halides is 3. The van der Waals surface area contributed by atoms with Crippen molar-refractivity contribution >= 4 is 19.9 Å². The number of rotatable bonds is 6. The van der Waals surface area contributed by atoms with Gasteiger partial charge < -0.3 is 9.84 Å². The first-order valence-electron chi connectivity index (χ1n) is 8.36. The van der Waals surface area contributed by atoms with Crippen LogP contribution in [0.1, 0.15) is 24.5 Å². The number of benzene rings is 1. The Kier molecular flexibility index (Phi) is 6.68. The minimum atomic E-state index is -4.93. The maximum absolute atomic E-state index is 12.7. The van der Waals surface area contributed by atoms with E-state index in [1.807, 2.05) is 0 Å². The van der Waals surface area contributed by atoms with Crippen molar-refractivity contribution in [2.75, 3.05) is 32.2 Å². The zero-order valence-electron chi connectivity index (χ0n) is 15.3. The maximum Gasteiger partial charge on any atom is 0.418 e. The third kappa shape index (κ3) is 5.82. The summed E-state index contributed by atoms with van der Waals surface area (Å²) in [6.07, 6.45) is -4.73. The van der Waals surface area contributed by atoms with Gasteiger partial charge in [-0.1, -0.05) is 6.07 Å². The molecular weight excluding hydrogens is 423 g/mol. The van der Waals surface area contributed by atoms with Gasteiger partial charge in [0.05, 0.1) is 12.9 Å². The first-order chi connectivity index (χ1) is 12.7. The van der Waals surface area contributed by atoms with Crippen LogP contribution in [0, 0.1) is 5.92 Å². The smallest absolute Gasteiger partial charge is 0.418 e. The first-order valence-corrected chi connectivity index (χ1v) is 12.1. The third-order valence-electron chi connectivity index (χ3n) is 4.51. The Bertz CT molecular complexity index is 907. The molecule has 1 aromatic carbocycles. The highest BCUT2D eigenvalue weighted by Crippen LogP contribution is 2.36. The fourth-order valence-corrected chi connectivity index (χ4v) is 4.62. The van der Waals surface area contributed by atoms with E-state index in [1.165, 1.54) is 4.31 Å². The lowest BCUT2D eigenvalue weighted by Gasteiger charge is -2.30. The lowest BCUT2D eigenvalue weighted by Crippen LogP contribution is -2.39.